The standard InChI is InChI=1S/C67H43NOS/c1-4-18-44(19-5-1)46-34-36-50(37-35-46)68(51-38-39-62-57(41-51)65-53(28-17-32-63(65)69-62)49-25-16-24-48(40-49)45-20-6-2-7-21-45)52-42-56(47-22-8-3-9-23-47)66-61(43-52)67(60-31-14-15-33-64(60)70-66)58-29-12-10-26-54(58)55-27-11-13-30-59(55)67/h1-43H. The maximum Gasteiger partial charge on any atom is 0.136 e. The molecular weight excluding hydrogens is 867 g/mol. The number of hydrogen-bond donors (Lipinski definition) is 0. The zero-order valence-electron chi connectivity index (χ0n) is 38.1. The van der Waals surface area contributed by atoms with Crippen molar-refractivity contribution in [3.63, 3.8) is 0 Å². The SMILES string of the molecule is c1ccc(-c2ccc(N(c3cc(-c4ccccc4)c4c(c3)C3(c5ccccc5S4)c4ccccc4-c4ccccc43)c3ccc4oc5cccc(-c6cccc(-c7ccccc7)c6)c5c4c3)cc2)cc1. The average molecular weight is 910 g/mol. The summed E-state index contributed by atoms with van der Waals surface area (Å²) in [5, 5.41) is 2.17. The lowest BCUT2D eigenvalue weighted by molar-refractivity contribution is 0.669. The molecule has 1 spiro atoms. The molecule has 0 radical (unpaired) electrons. The van der Waals surface area contributed by atoms with Crippen molar-refractivity contribution in [1.82, 2.24) is 0 Å². The number of benzene rings is 11. The molecule has 0 unspecified atom stereocenters. The summed E-state index contributed by atoms with van der Waals surface area (Å²) >= 11 is 1.90. The Hall–Kier alpha value is -8.63. The molecule has 2 aliphatic rings. The van der Waals surface area contributed by atoms with E-state index in [-0.39, 0.29) is 0 Å². The number of hydrogen-bond acceptors (Lipinski definition) is 3. The van der Waals surface area contributed by atoms with Crippen molar-refractivity contribution >= 4 is 50.8 Å². The van der Waals surface area contributed by atoms with Gasteiger partial charge in [0.25, 0.3) is 0 Å². The number of rotatable bonds is 7. The first-order valence-corrected chi connectivity index (χ1v) is 24.8. The first kappa shape index (κ1) is 40.4. The zero-order chi connectivity index (χ0) is 46.2. The molecule has 12 aromatic rings. The van der Waals surface area contributed by atoms with Gasteiger partial charge in [-0.1, -0.05) is 212 Å². The summed E-state index contributed by atoms with van der Waals surface area (Å²) in [6.45, 7) is 0. The molecule has 14 rings (SSSR count). The minimum atomic E-state index is -0.569. The Morgan fingerprint density at radius 1 is 0.314 bits per heavy atom. The minimum Gasteiger partial charge on any atom is -0.456 e. The van der Waals surface area contributed by atoms with E-state index < -0.39 is 5.41 Å². The molecule has 3 heteroatoms. The fraction of sp³-hybridized carbons (Fsp3) is 0.0149. The number of nitrogens with zero attached hydrogens (tertiary/aromatic N) is 1. The Labute approximate surface area is 411 Å². The van der Waals surface area contributed by atoms with Crippen LogP contribution in [0.1, 0.15) is 22.3 Å². The lowest BCUT2D eigenvalue weighted by atomic mass is 9.67. The second-order valence-corrected chi connectivity index (χ2v) is 19.4. The maximum atomic E-state index is 6.73. The van der Waals surface area contributed by atoms with Gasteiger partial charge in [-0.2, -0.15) is 0 Å². The van der Waals surface area contributed by atoms with Crippen molar-refractivity contribution in [2.24, 2.45) is 0 Å². The van der Waals surface area contributed by atoms with Crippen LogP contribution in [-0.4, -0.2) is 0 Å². The number of furan rings is 1. The second-order valence-electron chi connectivity index (χ2n) is 18.3. The molecule has 11 aromatic carbocycles. The Morgan fingerprint density at radius 2 is 0.857 bits per heavy atom. The summed E-state index contributed by atoms with van der Waals surface area (Å²) in [6.07, 6.45) is 0. The van der Waals surface area contributed by atoms with Crippen LogP contribution in [0.4, 0.5) is 17.1 Å². The van der Waals surface area contributed by atoms with Gasteiger partial charge >= 0.3 is 0 Å². The molecule has 0 atom stereocenters. The Balaban J connectivity index is 1.04. The van der Waals surface area contributed by atoms with Crippen molar-refractivity contribution in [3.8, 4) is 55.6 Å². The predicted octanol–water partition coefficient (Wildman–Crippen LogP) is 18.6. The van der Waals surface area contributed by atoms with Crippen LogP contribution in [0.15, 0.2) is 275 Å². The van der Waals surface area contributed by atoms with Gasteiger partial charge in [-0.25, -0.2) is 0 Å². The maximum absolute atomic E-state index is 6.73. The highest BCUT2D eigenvalue weighted by atomic mass is 32.2. The van der Waals surface area contributed by atoms with E-state index in [2.05, 4.69) is 266 Å². The van der Waals surface area contributed by atoms with Crippen LogP contribution in [0.5, 0.6) is 0 Å². The highest BCUT2D eigenvalue weighted by Gasteiger charge is 2.51. The third-order valence-corrected chi connectivity index (χ3v) is 15.7. The van der Waals surface area contributed by atoms with Gasteiger partial charge in [0.05, 0.1) is 5.41 Å². The Kier molecular flexibility index (Phi) is 9.40. The van der Waals surface area contributed by atoms with Crippen molar-refractivity contribution in [2.75, 3.05) is 4.90 Å². The highest BCUT2D eigenvalue weighted by Crippen LogP contribution is 2.64. The van der Waals surface area contributed by atoms with E-state index in [0.29, 0.717) is 0 Å². The molecule has 2 heterocycles. The average Bonchev–Trinajstić information content (AvgIpc) is 3.96. The van der Waals surface area contributed by atoms with Gasteiger partial charge in [0.15, 0.2) is 0 Å². The van der Waals surface area contributed by atoms with Crippen molar-refractivity contribution < 1.29 is 4.42 Å². The molecule has 0 N–H and O–H groups in total. The molecule has 1 aliphatic heterocycles. The molecule has 328 valence electrons. The van der Waals surface area contributed by atoms with E-state index >= 15 is 0 Å². The molecule has 70 heavy (non-hydrogen) atoms. The van der Waals surface area contributed by atoms with Gasteiger partial charge in [-0.3, -0.25) is 0 Å². The lowest BCUT2D eigenvalue weighted by Crippen LogP contribution is -2.32. The molecule has 2 nitrogen and oxygen atoms in total. The van der Waals surface area contributed by atoms with Crippen LogP contribution in [0.25, 0.3) is 77.6 Å². The Bertz CT molecular complexity index is 3920. The molecular formula is C67H43NOS. The van der Waals surface area contributed by atoms with E-state index in [4.69, 9.17) is 4.42 Å². The van der Waals surface area contributed by atoms with Gasteiger partial charge in [0.2, 0.25) is 0 Å². The monoisotopic (exact) mass is 909 g/mol. The number of fused-ring (bicyclic) bond motifs is 12. The predicted molar refractivity (Wildman–Crippen MR) is 292 cm³/mol. The first-order chi connectivity index (χ1) is 34.7. The summed E-state index contributed by atoms with van der Waals surface area (Å²) in [4.78, 5) is 5.02. The summed E-state index contributed by atoms with van der Waals surface area (Å²) in [5.74, 6) is 0. The summed E-state index contributed by atoms with van der Waals surface area (Å²) < 4.78 is 6.73. The lowest BCUT2D eigenvalue weighted by Gasteiger charge is -2.41. The zero-order valence-corrected chi connectivity index (χ0v) is 38.9. The largest absolute Gasteiger partial charge is 0.456 e. The van der Waals surface area contributed by atoms with Gasteiger partial charge in [0, 0.05) is 37.6 Å². The van der Waals surface area contributed by atoms with E-state index in [9.17, 15) is 0 Å². The van der Waals surface area contributed by atoms with E-state index in [1.54, 1.807) is 0 Å². The molecule has 0 amide bonds. The van der Waals surface area contributed by atoms with Crippen LogP contribution in [0.3, 0.4) is 0 Å². The quantitative estimate of drug-likeness (QED) is 0.159. The third kappa shape index (κ3) is 6.29. The summed E-state index contributed by atoms with van der Waals surface area (Å²) in [6, 6.07) is 95.6. The van der Waals surface area contributed by atoms with Crippen LogP contribution in [-0.2, 0) is 5.41 Å². The van der Waals surface area contributed by atoms with Gasteiger partial charge in [-0.05, 0) is 139 Å². The van der Waals surface area contributed by atoms with Crippen LogP contribution >= 0.6 is 11.8 Å². The highest BCUT2D eigenvalue weighted by molar-refractivity contribution is 7.99. The van der Waals surface area contributed by atoms with Crippen LogP contribution < -0.4 is 4.90 Å². The van der Waals surface area contributed by atoms with Gasteiger partial charge in [-0.15, -0.1) is 0 Å². The first-order valence-electron chi connectivity index (χ1n) is 24.0. The van der Waals surface area contributed by atoms with Gasteiger partial charge in [0.1, 0.15) is 11.2 Å². The molecule has 0 saturated carbocycles. The Morgan fingerprint density at radius 3 is 1.57 bits per heavy atom. The van der Waals surface area contributed by atoms with Crippen molar-refractivity contribution in [1.29, 1.82) is 0 Å². The molecule has 0 saturated heterocycles. The van der Waals surface area contributed by atoms with Crippen LogP contribution in [0, 0.1) is 0 Å². The molecule has 0 bridgehead atoms. The summed E-state index contributed by atoms with van der Waals surface area (Å²) in [5.41, 5.74) is 21.5. The molecule has 1 aliphatic carbocycles. The normalized spacial score (nSPS) is 12.9. The molecule has 1 aromatic heterocycles. The van der Waals surface area contributed by atoms with E-state index in [1.807, 2.05) is 11.8 Å². The topological polar surface area (TPSA) is 16.4 Å². The van der Waals surface area contributed by atoms with Gasteiger partial charge < -0.3 is 9.32 Å². The number of anilines is 3. The third-order valence-electron chi connectivity index (χ3n) is 14.5. The molecule has 0 fully saturated rings. The fourth-order valence-electron chi connectivity index (χ4n) is 11.5. The van der Waals surface area contributed by atoms with Crippen molar-refractivity contribution in [3.05, 3.63) is 283 Å². The summed E-state index contributed by atoms with van der Waals surface area (Å²) in [7, 11) is 0. The second kappa shape index (κ2) is 16.3. The van der Waals surface area contributed by atoms with Crippen LogP contribution in [0.2, 0.25) is 0 Å². The minimum absolute atomic E-state index is 0.569. The smallest absolute Gasteiger partial charge is 0.136 e. The van der Waals surface area contributed by atoms with E-state index in [0.717, 1.165) is 50.1 Å². The van der Waals surface area contributed by atoms with E-state index in [1.165, 1.54) is 76.6 Å². The van der Waals surface area contributed by atoms with Crippen molar-refractivity contribution in [2.45, 2.75) is 15.2 Å². The fourth-order valence-corrected chi connectivity index (χ4v) is 12.8.